The molecule has 0 radical (unpaired) electrons. The molecule has 4 rings (SSSR count). The van der Waals surface area contributed by atoms with Gasteiger partial charge in [0.2, 0.25) is 0 Å². The van der Waals surface area contributed by atoms with Crippen LogP contribution < -0.4 is 0 Å². The molecule has 0 bridgehead atoms. The number of aliphatic hydroxyl groups excluding tert-OH is 1. The van der Waals surface area contributed by atoms with Gasteiger partial charge in [-0.15, -0.1) is 11.3 Å². The number of thiophene rings is 1. The van der Waals surface area contributed by atoms with Crippen LogP contribution in [0.4, 0.5) is 0 Å². The number of aliphatic hydroxyl groups is 1. The highest BCUT2D eigenvalue weighted by Gasteiger charge is 2.46. The van der Waals surface area contributed by atoms with Crippen LogP contribution in [0.15, 0.2) is 70.2 Å². The van der Waals surface area contributed by atoms with E-state index in [4.69, 9.17) is 4.42 Å². The molecule has 136 valence electrons. The van der Waals surface area contributed by atoms with Crippen LogP contribution in [0.5, 0.6) is 0 Å². The normalized spacial score (nSPS) is 19.0. The summed E-state index contributed by atoms with van der Waals surface area (Å²) >= 11 is 1.44. The van der Waals surface area contributed by atoms with Crippen LogP contribution in [-0.4, -0.2) is 21.7 Å². The summed E-state index contributed by atoms with van der Waals surface area (Å²) in [5, 5.41) is 12.8. The number of rotatable bonds is 4. The number of ketones is 1. The average Bonchev–Trinajstić information content (AvgIpc) is 3.40. The molecular formula is C21H17NO4S. The molecule has 3 heterocycles. The van der Waals surface area contributed by atoms with Gasteiger partial charge in [-0.1, -0.05) is 35.9 Å². The molecule has 1 N–H and O–H groups in total. The largest absolute Gasteiger partial charge is 0.507 e. The monoisotopic (exact) mass is 379 g/mol. The van der Waals surface area contributed by atoms with Crippen molar-refractivity contribution < 1.29 is 19.1 Å². The summed E-state index contributed by atoms with van der Waals surface area (Å²) in [5.41, 5.74) is 1.66. The molecule has 0 saturated carbocycles. The first-order valence-corrected chi connectivity index (χ1v) is 9.35. The van der Waals surface area contributed by atoms with Gasteiger partial charge in [-0.05, 0) is 30.5 Å². The summed E-state index contributed by atoms with van der Waals surface area (Å²) < 4.78 is 5.36. The number of nitrogens with zero attached hydrogens (tertiary/aromatic N) is 1. The Morgan fingerprint density at radius 3 is 2.56 bits per heavy atom. The van der Waals surface area contributed by atoms with E-state index in [9.17, 15) is 14.7 Å². The second-order valence-electron chi connectivity index (χ2n) is 6.39. The van der Waals surface area contributed by atoms with Crippen molar-refractivity contribution >= 4 is 28.8 Å². The highest BCUT2D eigenvalue weighted by atomic mass is 32.1. The molecule has 1 fully saturated rings. The third-order valence-corrected chi connectivity index (χ3v) is 5.51. The SMILES string of the molecule is Cc1ccc(/C(O)=C2\C(=O)C(=O)N(Cc3ccco3)[C@@H]2c2cccs2)cc1. The molecule has 1 aromatic carbocycles. The third kappa shape index (κ3) is 3.08. The number of likely N-dealkylation sites (tertiary alicyclic amines) is 1. The minimum atomic E-state index is -0.682. The van der Waals surface area contributed by atoms with E-state index in [-0.39, 0.29) is 17.9 Å². The number of furan rings is 1. The maximum atomic E-state index is 12.8. The topological polar surface area (TPSA) is 70.8 Å². The van der Waals surface area contributed by atoms with Crippen molar-refractivity contribution in [1.82, 2.24) is 4.90 Å². The van der Waals surface area contributed by atoms with Crippen LogP contribution in [0.1, 0.15) is 27.8 Å². The van der Waals surface area contributed by atoms with E-state index in [0.29, 0.717) is 11.3 Å². The molecule has 0 spiro atoms. The molecule has 0 unspecified atom stereocenters. The Morgan fingerprint density at radius 1 is 1.15 bits per heavy atom. The fourth-order valence-electron chi connectivity index (χ4n) is 3.22. The van der Waals surface area contributed by atoms with Gasteiger partial charge in [0, 0.05) is 10.4 Å². The van der Waals surface area contributed by atoms with Gasteiger partial charge in [-0.25, -0.2) is 0 Å². The van der Waals surface area contributed by atoms with Gasteiger partial charge in [0.1, 0.15) is 17.6 Å². The van der Waals surface area contributed by atoms with Crippen molar-refractivity contribution in [3.63, 3.8) is 0 Å². The van der Waals surface area contributed by atoms with Crippen molar-refractivity contribution in [3.05, 3.63) is 87.5 Å². The first-order chi connectivity index (χ1) is 13.1. The number of benzene rings is 1. The molecule has 0 aliphatic carbocycles. The van der Waals surface area contributed by atoms with Crippen molar-refractivity contribution in [2.24, 2.45) is 0 Å². The predicted molar refractivity (Wildman–Crippen MR) is 102 cm³/mol. The summed E-state index contributed by atoms with van der Waals surface area (Å²) in [4.78, 5) is 27.8. The Kier molecular flexibility index (Phi) is 4.41. The minimum Gasteiger partial charge on any atom is -0.507 e. The second kappa shape index (κ2) is 6.89. The zero-order chi connectivity index (χ0) is 19.0. The fourth-order valence-corrected chi connectivity index (χ4v) is 4.07. The van der Waals surface area contributed by atoms with Gasteiger partial charge < -0.3 is 14.4 Å². The molecule has 5 nitrogen and oxygen atoms in total. The van der Waals surface area contributed by atoms with Crippen LogP contribution in [-0.2, 0) is 16.1 Å². The number of amides is 1. The van der Waals surface area contributed by atoms with Crippen LogP contribution in [0.25, 0.3) is 5.76 Å². The molecule has 2 aromatic heterocycles. The average molecular weight is 379 g/mol. The van der Waals surface area contributed by atoms with Gasteiger partial charge in [-0.3, -0.25) is 9.59 Å². The number of hydrogen-bond donors (Lipinski definition) is 1. The zero-order valence-corrected chi connectivity index (χ0v) is 15.4. The Balaban J connectivity index is 1.83. The van der Waals surface area contributed by atoms with Gasteiger partial charge in [0.25, 0.3) is 11.7 Å². The number of hydrogen-bond acceptors (Lipinski definition) is 5. The highest BCUT2D eigenvalue weighted by Crippen LogP contribution is 2.41. The molecule has 1 saturated heterocycles. The van der Waals surface area contributed by atoms with Crippen molar-refractivity contribution in [2.75, 3.05) is 0 Å². The quantitative estimate of drug-likeness (QED) is 0.417. The summed E-state index contributed by atoms with van der Waals surface area (Å²) in [6.45, 7) is 2.10. The summed E-state index contributed by atoms with van der Waals surface area (Å²) in [5.74, 6) is -0.904. The van der Waals surface area contributed by atoms with Crippen molar-refractivity contribution in [3.8, 4) is 0 Å². The number of carbonyl (C=O) groups excluding carboxylic acids is 2. The number of carbonyl (C=O) groups is 2. The maximum Gasteiger partial charge on any atom is 0.296 e. The number of Topliss-reactive ketones (excluding diaryl/α,β-unsaturated/α-hetero) is 1. The Labute approximate surface area is 160 Å². The van der Waals surface area contributed by atoms with Gasteiger partial charge in [0.15, 0.2) is 0 Å². The molecule has 1 amide bonds. The Morgan fingerprint density at radius 2 is 1.93 bits per heavy atom. The van der Waals surface area contributed by atoms with Crippen LogP contribution in [0.3, 0.4) is 0 Å². The van der Waals surface area contributed by atoms with Crippen LogP contribution in [0, 0.1) is 6.92 Å². The summed E-state index contributed by atoms with van der Waals surface area (Å²) in [7, 11) is 0. The summed E-state index contributed by atoms with van der Waals surface area (Å²) in [6.07, 6.45) is 1.53. The molecule has 27 heavy (non-hydrogen) atoms. The lowest BCUT2D eigenvalue weighted by atomic mass is 9.99. The van der Waals surface area contributed by atoms with E-state index in [1.54, 1.807) is 24.3 Å². The van der Waals surface area contributed by atoms with E-state index >= 15 is 0 Å². The molecule has 1 aliphatic rings. The predicted octanol–water partition coefficient (Wildman–Crippen LogP) is 4.27. The van der Waals surface area contributed by atoms with E-state index in [0.717, 1.165) is 10.4 Å². The van der Waals surface area contributed by atoms with E-state index in [1.807, 2.05) is 36.6 Å². The molecular weight excluding hydrogens is 362 g/mol. The lowest BCUT2D eigenvalue weighted by Gasteiger charge is -2.23. The van der Waals surface area contributed by atoms with Crippen LogP contribution >= 0.6 is 11.3 Å². The first-order valence-electron chi connectivity index (χ1n) is 8.47. The van der Waals surface area contributed by atoms with Crippen molar-refractivity contribution in [2.45, 2.75) is 19.5 Å². The van der Waals surface area contributed by atoms with E-state index < -0.39 is 17.7 Å². The summed E-state index contributed by atoms with van der Waals surface area (Å²) in [6, 6.07) is 13.8. The Bertz CT molecular complexity index is 1000. The molecule has 3 aromatic rings. The number of aryl methyl sites for hydroxylation is 1. The maximum absolute atomic E-state index is 12.8. The molecule has 1 aliphatic heterocycles. The van der Waals surface area contributed by atoms with E-state index in [2.05, 4.69) is 0 Å². The van der Waals surface area contributed by atoms with Crippen LogP contribution in [0.2, 0.25) is 0 Å². The third-order valence-electron chi connectivity index (χ3n) is 4.58. The molecule has 1 atom stereocenters. The van der Waals surface area contributed by atoms with Gasteiger partial charge in [0.05, 0.1) is 18.4 Å². The standard InChI is InChI=1S/C21H17NO4S/c1-13-6-8-14(9-7-13)19(23)17-18(16-5-3-11-27-16)22(21(25)20(17)24)12-15-4-2-10-26-15/h2-11,18,23H,12H2,1H3/b19-17+/t18-/m1/s1. The lowest BCUT2D eigenvalue weighted by molar-refractivity contribution is -0.140. The van der Waals surface area contributed by atoms with E-state index in [1.165, 1.54) is 22.5 Å². The minimum absolute atomic E-state index is 0.109. The van der Waals surface area contributed by atoms with Gasteiger partial charge >= 0.3 is 0 Å². The molecule has 6 heteroatoms. The zero-order valence-electron chi connectivity index (χ0n) is 14.6. The highest BCUT2D eigenvalue weighted by molar-refractivity contribution is 7.10. The Hall–Kier alpha value is -3.12. The van der Waals surface area contributed by atoms with Crippen molar-refractivity contribution in [1.29, 1.82) is 0 Å². The lowest BCUT2D eigenvalue weighted by Crippen LogP contribution is -2.28. The second-order valence-corrected chi connectivity index (χ2v) is 7.37. The smallest absolute Gasteiger partial charge is 0.296 e. The first kappa shape index (κ1) is 17.3. The fraction of sp³-hybridized carbons (Fsp3) is 0.143. The van der Waals surface area contributed by atoms with Gasteiger partial charge in [-0.2, -0.15) is 0 Å².